The Kier molecular flexibility index (Phi) is 4.09. The zero-order chi connectivity index (χ0) is 13.0. The standard InChI is InChI=1S/C12H16N4OS/c1-9-14-15-12(16(9)13)18-8-7-10-3-5-11(17-2)6-4-10/h3-6H,7-8,13H2,1-2H3. The third-order valence-corrected chi connectivity index (χ3v) is 3.56. The zero-order valence-corrected chi connectivity index (χ0v) is 11.3. The van der Waals surface area contributed by atoms with Crippen molar-refractivity contribution in [3.05, 3.63) is 35.7 Å². The number of aromatic nitrogens is 3. The predicted molar refractivity (Wildman–Crippen MR) is 72.3 cm³/mol. The molecule has 0 atom stereocenters. The molecule has 0 aliphatic heterocycles. The van der Waals surface area contributed by atoms with Crippen LogP contribution in [-0.2, 0) is 6.42 Å². The van der Waals surface area contributed by atoms with Gasteiger partial charge in [0, 0.05) is 5.75 Å². The lowest BCUT2D eigenvalue weighted by molar-refractivity contribution is 0.414. The molecule has 0 unspecified atom stereocenters. The van der Waals surface area contributed by atoms with Gasteiger partial charge in [-0.25, -0.2) is 4.68 Å². The summed E-state index contributed by atoms with van der Waals surface area (Å²) < 4.78 is 6.63. The van der Waals surface area contributed by atoms with E-state index in [1.807, 2.05) is 19.1 Å². The number of ether oxygens (including phenoxy) is 1. The SMILES string of the molecule is COc1ccc(CCSc2nnc(C)n2N)cc1. The first-order chi connectivity index (χ1) is 8.70. The van der Waals surface area contributed by atoms with Crippen molar-refractivity contribution in [3.8, 4) is 5.75 Å². The van der Waals surface area contributed by atoms with Gasteiger partial charge in [-0.1, -0.05) is 23.9 Å². The van der Waals surface area contributed by atoms with Gasteiger partial charge in [0.1, 0.15) is 11.6 Å². The summed E-state index contributed by atoms with van der Waals surface area (Å²) >= 11 is 1.61. The lowest BCUT2D eigenvalue weighted by atomic mass is 10.2. The first-order valence-corrected chi connectivity index (χ1v) is 6.62. The highest BCUT2D eigenvalue weighted by molar-refractivity contribution is 7.99. The average Bonchev–Trinajstić information content (AvgIpc) is 2.71. The number of rotatable bonds is 5. The molecule has 1 aromatic heterocycles. The van der Waals surface area contributed by atoms with Gasteiger partial charge in [0.15, 0.2) is 0 Å². The van der Waals surface area contributed by atoms with Gasteiger partial charge in [-0.15, -0.1) is 10.2 Å². The maximum atomic E-state index is 5.77. The number of nitrogens with two attached hydrogens (primary N) is 1. The van der Waals surface area contributed by atoms with Crippen LogP contribution in [0.1, 0.15) is 11.4 Å². The number of thioether (sulfide) groups is 1. The molecule has 18 heavy (non-hydrogen) atoms. The maximum absolute atomic E-state index is 5.77. The maximum Gasteiger partial charge on any atom is 0.209 e. The van der Waals surface area contributed by atoms with E-state index in [0.717, 1.165) is 28.9 Å². The van der Waals surface area contributed by atoms with E-state index >= 15 is 0 Å². The molecule has 0 radical (unpaired) electrons. The minimum absolute atomic E-state index is 0.724. The molecule has 5 nitrogen and oxygen atoms in total. The molecule has 0 aliphatic carbocycles. The molecule has 1 aromatic carbocycles. The van der Waals surface area contributed by atoms with Crippen molar-refractivity contribution in [2.24, 2.45) is 0 Å². The van der Waals surface area contributed by atoms with Gasteiger partial charge in [-0.05, 0) is 31.0 Å². The number of nitrogens with zero attached hydrogens (tertiary/aromatic N) is 3. The molecule has 96 valence electrons. The topological polar surface area (TPSA) is 66.0 Å². The summed E-state index contributed by atoms with van der Waals surface area (Å²) in [6.07, 6.45) is 0.959. The van der Waals surface area contributed by atoms with Crippen LogP contribution in [0.25, 0.3) is 0 Å². The van der Waals surface area contributed by atoms with Crippen molar-refractivity contribution >= 4 is 11.8 Å². The van der Waals surface area contributed by atoms with Crippen LogP contribution in [0.15, 0.2) is 29.4 Å². The number of hydrogen-bond donors (Lipinski definition) is 1. The van der Waals surface area contributed by atoms with E-state index in [9.17, 15) is 0 Å². The molecule has 2 N–H and O–H groups in total. The molecule has 0 amide bonds. The van der Waals surface area contributed by atoms with E-state index in [0.29, 0.717) is 0 Å². The predicted octanol–water partition coefficient (Wildman–Crippen LogP) is 1.64. The molecule has 6 heteroatoms. The fourth-order valence-electron chi connectivity index (χ4n) is 1.50. The molecule has 0 fully saturated rings. The quantitative estimate of drug-likeness (QED) is 0.657. The molecular formula is C12H16N4OS. The van der Waals surface area contributed by atoms with Gasteiger partial charge in [0.2, 0.25) is 5.16 Å². The van der Waals surface area contributed by atoms with Gasteiger partial charge >= 0.3 is 0 Å². The minimum Gasteiger partial charge on any atom is -0.497 e. The minimum atomic E-state index is 0.724. The van der Waals surface area contributed by atoms with Gasteiger partial charge in [-0.2, -0.15) is 0 Å². The smallest absolute Gasteiger partial charge is 0.209 e. The Morgan fingerprint density at radius 2 is 2.00 bits per heavy atom. The molecule has 0 saturated carbocycles. The molecule has 2 aromatic rings. The lowest BCUT2D eigenvalue weighted by Crippen LogP contribution is -2.11. The third kappa shape index (κ3) is 2.95. The second kappa shape index (κ2) is 5.77. The largest absolute Gasteiger partial charge is 0.497 e. The third-order valence-electron chi connectivity index (χ3n) is 2.62. The summed E-state index contributed by atoms with van der Waals surface area (Å²) in [5.41, 5.74) is 1.27. The Morgan fingerprint density at radius 3 is 2.56 bits per heavy atom. The molecule has 0 saturated heterocycles. The van der Waals surface area contributed by atoms with Crippen molar-refractivity contribution in [2.45, 2.75) is 18.5 Å². The Labute approximate surface area is 110 Å². The van der Waals surface area contributed by atoms with E-state index < -0.39 is 0 Å². The van der Waals surface area contributed by atoms with E-state index in [4.69, 9.17) is 10.6 Å². The fraction of sp³-hybridized carbons (Fsp3) is 0.333. The second-order valence-corrected chi connectivity index (χ2v) is 4.91. The highest BCUT2D eigenvalue weighted by atomic mass is 32.2. The lowest BCUT2D eigenvalue weighted by Gasteiger charge is -2.03. The number of aryl methyl sites for hydroxylation is 2. The zero-order valence-electron chi connectivity index (χ0n) is 10.5. The monoisotopic (exact) mass is 264 g/mol. The number of hydrogen-bond acceptors (Lipinski definition) is 5. The summed E-state index contributed by atoms with van der Waals surface area (Å²) in [6, 6.07) is 8.07. The molecule has 0 spiro atoms. The van der Waals surface area contributed by atoms with Crippen LogP contribution in [0.5, 0.6) is 5.75 Å². The molecule has 1 heterocycles. The van der Waals surface area contributed by atoms with Crippen molar-refractivity contribution in [1.82, 2.24) is 14.9 Å². The number of methoxy groups -OCH3 is 1. The molecule has 0 bridgehead atoms. The molecular weight excluding hydrogens is 248 g/mol. The summed E-state index contributed by atoms with van der Waals surface area (Å²) in [4.78, 5) is 0. The summed E-state index contributed by atoms with van der Waals surface area (Å²) in [6.45, 7) is 1.83. The van der Waals surface area contributed by atoms with Gasteiger partial charge in [0.25, 0.3) is 0 Å². The van der Waals surface area contributed by atoms with Gasteiger partial charge < -0.3 is 10.6 Å². The van der Waals surface area contributed by atoms with Crippen LogP contribution in [0.4, 0.5) is 0 Å². The Balaban J connectivity index is 1.86. The van der Waals surface area contributed by atoms with Crippen LogP contribution in [0, 0.1) is 6.92 Å². The first kappa shape index (κ1) is 12.8. The Hall–Kier alpha value is -1.69. The van der Waals surface area contributed by atoms with Crippen molar-refractivity contribution < 1.29 is 4.74 Å². The van der Waals surface area contributed by atoms with Gasteiger partial charge in [0.05, 0.1) is 7.11 Å². The van der Waals surface area contributed by atoms with E-state index in [1.165, 1.54) is 10.2 Å². The van der Waals surface area contributed by atoms with E-state index in [-0.39, 0.29) is 0 Å². The fourth-order valence-corrected chi connectivity index (χ4v) is 2.39. The summed E-state index contributed by atoms with van der Waals surface area (Å²) in [5, 5.41) is 8.67. The normalized spacial score (nSPS) is 10.6. The van der Waals surface area contributed by atoms with Crippen molar-refractivity contribution in [2.75, 3.05) is 18.7 Å². The Morgan fingerprint density at radius 1 is 1.28 bits per heavy atom. The average molecular weight is 264 g/mol. The van der Waals surface area contributed by atoms with Crippen molar-refractivity contribution in [1.29, 1.82) is 0 Å². The Bertz CT molecular complexity index is 509. The summed E-state index contributed by atoms with van der Waals surface area (Å²) in [7, 11) is 1.67. The first-order valence-electron chi connectivity index (χ1n) is 5.63. The van der Waals surface area contributed by atoms with Crippen LogP contribution in [0.2, 0.25) is 0 Å². The van der Waals surface area contributed by atoms with Crippen molar-refractivity contribution in [3.63, 3.8) is 0 Å². The number of benzene rings is 1. The van der Waals surface area contributed by atoms with Crippen LogP contribution in [-0.4, -0.2) is 27.7 Å². The van der Waals surface area contributed by atoms with Crippen LogP contribution >= 0.6 is 11.8 Å². The van der Waals surface area contributed by atoms with E-state index in [1.54, 1.807) is 18.9 Å². The highest BCUT2D eigenvalue weighted by Crippen LogP contribution is 2.17. The molecule has 2 rings (SSSR count). The molecule has 0 aliphatic rings. The van der Waals surface area contributed by atoms with Crippen LogP contribution < -0.4 is 10.6 Å². The number of nitrogen functional groups attached to an aromatic ring is 1. The van der Waals surface area contributed by atoms with E-state index in [2.05, 4.69) is 22.3 Å². The van der Waals surface area contributed by atoms with Gasteiger partial charge in [-0.3, -0.25) is 0 Å². The second-order valence-electron chi connectivity index (χ2n) is 3.85. The van der Waals surface area contributed by atoms with Crippen LogP contribution in [0.3, 0.4) is 0 Å². The highest BCUT2D eigenvalue weighted by Gasteiger charge is 2.05. The summed E-state index contributed by atoms with van der Waals surface area (Å²) in [5.74, 6) is 8.30.